The van der Waals surface area contributed by atoms with Gasteiger partial charge in [0.05, 0.1) is 11.8 Å². The van der Waals surface area contributed by atoms with Crippen molar-refractivity contribution in [1.29, 1.82) is 5.26 Å². The Balaban J connectivity index is 1.28. The molecule has 0 aliphatic carbocycles. The van der Waals surface area contributed by atoms with Crippen LogP contribution < -0.4 is 5.32 Å². The standard InChI is InChI=1S/C29H34F3N7S/c1-18-19(6-7-25-23(18)13-21(16-33)34-25)17-39-11-8-20(9-12-39)35-27-24-14-22(15-29(30,31)32)40-28(24)37-26(36-27)5-4-10-38(2)3/h6-7,13-14,20,34H,4-5,8-12,15,17H2,1-3H3,(H,35,36,37). The zero-order chi connectivity index (χ0) is 28.4. The van der Waals surface area contributed by atoms with Gasteiger partial charge in [-0.2, -0.15) is 18.4 Å². The maximum absolute atomic E-state index is 13.1. The Bertz CT molecular complexity index is 1520. The van der Waals surface area contributed by atoms with Gasteiger partial charge in [-0.05, 0) is 76.2 Å². The minimum atomic E-state index is -4.26. The number of aromatic amines is 1. The molecule has 0 bridgehead atoms. The molecule has 0 amide bonds. The van der Waals surface area contributed by atoms with Crippen molar-refractivity contribution in [2.24, 2.45) is 0 Å². The number of thiophene rings is 1. The maximum atomic E-state index is 13.1. The van der Waals surface area contributed by atoms with Crippen LogP contribution in [0, 0.1) is 18.3 Å². The Morgan fingerprint density at radius 3 is 2.65 bits per heavy atom. The highest BCUT2D eigenvalue weighted by atomic mass is 32.1. The SMILES string of the molecule is Cc1c(CN2CCC(Nc3nc(CCCN(C)C)nc4sc(CC(F)(F)F)cc34)CC2)ccc2[nH]c(C#N)cc12. The number of piperidine rings is 1. The van der Waals surface area contributed by atoms with Crippen molar-refractivity contribution in [2.45, 2.75) is 57.8 Å². The van der Waals surface area contributed by atoms with Crippen LogP contribution >= 0.6 is 11.3 Å². The quantitative estimate of drug-likeness (QED) is 0.256. The summed E-state index contributed by atoms with van der Waals surface area (Å²) in [6.07, 6.45) is -1.84. The topological polar surface area (TPSA) is 83.9 Å². The molecular formula is C29H34F3N7S. The van der Waals surface area contributed by atoms with E-state index in [0.29, 0.717) is 34.0 Å². The van der Waals surface area contributed by atoms with E-state index in [1.807, 2.05) is 26.2 Å². The molecule has 4 heterocycles. The number of alkyl halides is 3. The van der Waals surface area contributed by atoms with E-state index >= 15 is 0 Å². The van der Waals surface area contributed by atoms with Crippen LogP contribution in [0.5, 0.6) is 0 Å². The number of anilines is 1. The number of hydrogen-bond acceptors (Lipinski definition) is 7. The molecule has 11 heteroatoms. The van der Waals surface area contributed by atoms with E-state index in [0.717, 1.165) is 67.7 Å². The van der Waals surface area contributed by atoms with Crippen molar-refractivity contribution in [2.75, 3.05) is 39.0 Å². The second-order valence-electron chi connectivity index (χ2n) is 10.9. The number of benzene rings is 1. The summed E-state index contributed by atoms with van der Waals surface area (Å²) < 4.78 is 39.3. The third-order valence-electron chi connectivity index (χ3n) is 7.50. The summed E-state index contributed by atoms with van der Waals surface area (Å²) in [5.41, 5.74) is 3.98. The molecule has 1 fully saturated rings. The highest BCUT2D eigenvalue weighted by Crippen LogP contribution is 2.34. The van der Waals surface area contributed by atoms with Gasteiger partial charge in [0.1, 0.15) is 28.2 Å². The Labute approximate surface area is 236 Å². The first kappa shape index (κ1) is 28.3. The lowest BCUT2D eigenvalue weighted by Gasteiger charge is -2.33. The van der Waals surface area contributed by atoms with Gasteiger partial charge in [0.15, 0.2) is 0 Å². The molecule has 0 spiro atoms. The average molecular weight is 570 g/mol. The third-order valence-corrected chi connectivity index (χ3v) is 8.53. The predicted octanol–water partition coefficient (Wildman–Crippen LogP) is 6.03. The molecule has 40 heavy (non-hydrogen) atoms. The lowest BCUT2D eigenvalue weighted by Crippen LogP contribution is -2.39. The molecule has 0 atom stereocenters. The van der Waals surface area contributed by atoms with E-state index in [2.05, 4.69) is 44.1 Å². The second kappa shape index (κ2) is 11.7. The number of nitrogens with one attached hydrogen (secondary N) is 2. The summed E-state index contributed by atoms with van der Waals surface area (Å²) in [4.78, 5) is 18.0. The molecule has 2 N–H and O–H groups in total. The number of H-pyrrole nitrogens is 1. The van der Waals surface area contributed by atoms with Crippen molar-refractivity contribution >= 4 is 38.3 Å². The fourth-order valence-electron chi connectivity index (χ4n) is 5.37. The fraction of sp³-hybridized carbons (Fsp3) is 0.483. The van der Waals surface area contributed by atoms with Gasteiger partial charge < -0.3 is 15.2 Å². The molecule has 1 aliphatic heterocycles. The Morgan fingerprint density at radius 2 is 1.95 bits per heavy atom. The third kappa shape index (κ3) is 6.74. The highest BCUT2D eigenvalue weighted by molar-refractivity contribution is 7.18. The van der Waals surface area contributed by atoms with E-state index in [-0.39, 0.29) is 10.9 Å². The zero-order valence-corrected chi connectivity index (χ0v) is 23.8. The molecule has 7 nitrogen and oxygen atoms in total. The second-order valence-corrected chi connectivity index (χ2v) is 12.0. The van der Waals surface area contributed by atoms with Gasteiger partial charge in [-0.1, -0.05) is 6.07 Å². The lowest BCUT2D eigenvalue weighted by atomic mass is 10.0. The zero-order valence-electron chi connectivity index (χ0n) is 23.0. The highest BCUT2D eigenvalue weighted by Gasteiger charge is 2.29. The van der Waals surface area contributed by atoms with Gasteiger partial charge >= 0.3 is 6.18 Å². The number of nitriles is 1. The summed E-state index contributed by atoms with van der Waals surface area (Å²) in [7, 11) is 4.02. The Morgan fingerprint density at radius 1 is 1.18 bits per heavy atom. The first-order valence-corrected chi connectivity index (χ1v) is 14.4. The number of fused-ring (bicyclic) bond motifs is 2. The molecule has 0 radical (unpaired) electrons. The molecule has 1 saturated heterocycles. The number of rotatable bonds is 9. The van der Waals surface area contributed by atoms with Crippen LogP contribution in [0.25, 0.3) is 21.1 Å². The summed E-state index contributed by atoms with van der Waals surface area (Å²) in [6.45, 7) is 5.63. The smallest absolute Gasteiger partial charge is 0.367 e. The normalized spacial score (nSPS) is 15.3. The first-order chi connectivity index (χ1) is 19.1. The number of hydrogen-bond donors (Lipinski definition) is 2. The molecule has 1 aliphatic rings. The van der Waals surface area contributed by atoms with Crippen molar-refractivity contribution in [3.05, 3.63) is 51.8 Å². The largest absolute Gasteiger partial charge is 0.393 e. The monoisotopic (exact) mass is 569 g/mol. The number of aryl methyl sites for hydroxylation is 2. The van der Waals surface area contributed by atoms with Crippen molar-refractivity contribution < 1.29 is 13.2 Å². The van der Waals surface area contributed by atoms with E-state index in [1.54, 1.807) is 6.07 Å². The van der Waals surface area contributed by atoms with E-state index in [1.165, 1.54) is 11.1 Å². The van der Waals surface area contributed by atoms with E-state index in [9.17, 15) is 18.4 Å². The average Bonchev–Trinajstić information content (AvgIpc) is 3.49. The van der Waals surface area contributed by atoms with Crippen molar-refractivity contribution in [3.8, 4) is 6.07 Å². The van der Waals surface area contributed by atoms with E-state index < -0.39 is 12.6 Å². The van der Waals surface area contributed by atoms with Crippen molar-refractivity contribution in [1.82, 2.24) is 24.8 Å². The molecule has 3 aromatic heterocycles. The first-order valence-electron chi connectivity index (χ1n) is 13.6. The van der Waals surface area contributed by atoms with Crippen LogP contribution in [0.1, 0.15) is 46.8 Å². The van der Waals surface area contributed by atoms with Gasteiger partial charge in [0, 0.05) is 47.9 Å². The van der Waals surface area contributed by atoms with Crippen molar-refractivity contribution in [3.63, 3.8) is 0 Å². The molecule has 212 valence electrons. The number of aromatic nitrogens is 3. The summed E-state index contributed by atoms with van der Waals surface area (Å²) in [5, 5.41) is 14.5. The predicted molar refractivity (Wildman–Crippen MR) is 154 cm³/mol. The molecule has 5 rings (SSSR count). The molecule has 0 saturated carbocycles. The Hall–Kier alpha value is -3.20. The number of halogens is 3. The molecule has 4 aromatic rings. The van der Waals surface area contributed by atoms with Crippen LogP contribution in [0.3, 0.4) is 0 Å². The fourth-order valence-corrected chi connectivity index (χ4v) is 6.45. The van der Waals surface area contributed by atoms with Gasteiger partial charge in [-0.3, -0.25) is 4.90 Å². The Kier molecular flexibility index (Phi) is 8.31. The van der Waals surface area contributed by atoms with Crippen LogP contribution in [-0.2, 0) is 19.4 Å². The minimum Gasteiger partial charge on any atom is -0.367 e. The lowest BCUT2D eigenvalue weighted by molar-refractivity contribution is -0.126. The van der Waals surface area contributed by atoms with Gasteiger partial charge in [-0.25, -0.2) is 9.97 Å². The molecule has 1 aromatic carbocycles. The van der Waals surface area contributed by atoms with Crippen LogP contribution in [0.15, 0.2) is 24.3 Å². The minimum absolute atomic E-state index is 0.182. The van der Waals surface area contributed by atoms with E-state index in [4.69, 9.17) is 4.98 Å². The van der Waals surface area contributed by atoms with Crippen LogP contribution in [-0.4, -0.2) is 70.7 Å². The summed E-state index contributed by atoms with van der Waals surface area (Å²) in [6, 6.07) is 10.0. The maximum Gasteiger partial charge on any atom is 0.393 e. The summed E-state index contributed by atoms with van der Waals surface area (Å²) >= 11 is 1.11. The number of likely N-dealkylation sites (tertiary alicyclic amines) is 1. The van der Waals surface area contributed by atoms with Crippen LogP contribution in [0.2, 0.25) is 0 Å². The molecule has 0 unspecified atom stereocenters. The summed E-state index contributed by atoms with van der Waals surface area (Å²) in [5.74, 6) is 1.32. The van der Waals surface area contributed by atoms with Crippen LogP contribution in [0.4, 0.5) is 19.0 Å². The van der Waals surface area contributed by atoms with Gasteiger partial charge in [-0.15, -0.1) is 11.3 Å². The number of nitrogens with zero attached hydrogens (tertiary/aromatic N) is 5. The molecular weight excluding hydrogens is 535 g/mol. The van der Waals surface area contributed by atoms with Gasteiger partial charge in [0.25, 0.3) is 0 Å². The van der Waals surface area contributed by atoms with Gasteiger partial charge in [0.2, 0.25) is 0 Å².